The van der Waals surface area contributed by atoms with E-state index >= 15 is 0 Å². The quantitative estimate of drug-likeness (QED) is 0.777. The number of rotatable bonds is 1. The van der Waals surface area contributed by atoms with E-state index in [2.05, 4.69) is 5.32 Å². The Morgan fingerprint density at radius 3 is 2.74 bits per heavy atom. The monoisotopic (exact) mass is 320 g/mol. The first kappa shape index (κ1) is 15.1. The van der Waals surface area contributed by atoms with Gasteiger partial charge in [0.15, 0.2) is 5.72 Å². The van der Waals surface area contributed by atoms with Gasteiger partial charge in [-0.3, -0.25) is 14.4 Å². The molecule has 2 aliphatic carbocycles. The molecule has 6 nitrogen and oxygen atoms in total. The summed E-state index contributed by atoms with van der Waals surface area (Å²) in [6.45, 7) is 4.59. The number of carbonyl (C=O) groups is 3. The zero-order valence-corrected chi connectivity index (χ0v) is 13.8. The number of nitrogens with one attached hydrogen (secondary N) is 1. The highest BCUT2D eigenvalue weighted by atomic mass is 16.6. The highest BCUT2D eigenvalue weighted by molar-refractivity contribution is 5.95. The van der Waals surface area contributed by atoms with Gasteiger partial charge in [0.2, 0.25) is 5.91 Å². The van der Waals surface area contributed by atoms with Crippen LogP contribution in [0.2, 0.25) is 0 Å². The largest absolute Gasteiger partial charge is 0.338 e. The van der Waals surface area contributed by atoms with Crippen LogP contribution in [0, 0.1) is 17.8 Å². The summed E-state index contributed by atoms with van der Waals surface area (Å²) >= 11 is 0. The fraction of sp³-hybridized carbons (Fsp3) is 0.824. The maximum atomic E-state index is 12.9. The number of likely N-dealkylation sites (tertiary alicyclic amines) is 1. The minimum absolute atomic E-state index is 0.0374. The highest BCUT2D eigenvalue weighted by Crippen LogP contribution is 2.54. The number of carbonyl (C=O) groups excluding carboxylic acids is 3. The van der Waals surface area contributed by atoms with Gasteiger partial charge in [0.1, 0.15) is 11.4 Å². The Kier molecular flexibility index (Phi) is 3.15. The zero-order chi connectivity index (χ0) is 16.4. The molecule has 0 aromatic heterocycles. The Bertz CT molecular complexity index is 587. The number of ketones is 1. The number of amides is 2. The predicted molar refractivity (Wildman–Crippen MR) is 81.2 cm³/mol. The first-order valence-electron chi connectivity index (χ1n) is 8.67. The Morgan fingerprint density at radius 1 is 1.30 bits per heavy atom. The summed E-state index contributed by atoms with van der Waals surface area (Å²) < 4.78 is 5.99. The van der Waals surface area contributed by atoms with Crippen LogP contribution in [-0.2, 0) is 19.1 Å². The molecule has 4 atom stereocenters. The van der Waals surface area contributed by atoms with E-state index in [0.29, 0.717) is 19.5 Å². The Hall–Kier alpha value is -1.43. The van der Waals surface area contributed by atoms with Crippen molar-refractivity contribution in [2.24, 2.45) is 17.8 Å². The Morgan fingerprint density at radius 2 is 2.09 bits per heavy atom. The van der Waals surface area contributed by atoms with Crippen LogP contribution in [-0.4, -0.2) is 46.9 Å². The van der Waals surface area contributed by atoms with Gasteiger partial charge in [-0.1, -0.05) is 0 Å². The van der Waals surface area contributed by atoms with Crippen LogP contribution in [0.1, 0.15) is 46.0 Å². The second-order valence-electron chi connectivity index (χ2n) is 8.00. The molecule has 1 unspecified atom stereocenters. The third kappa shape index (κ3) is 2.30. The SMILES string of the molecule is CC1(C)OC2(CCCN(C(=O)[C@@H]3[C@H]4CCCC(=O)[C@H]43)C2)NC1=O. The zero-order valence-electron chi connectivity index (χ0n) is 13.8. The molecule has 4 rings (SSSR count). The number of Topliss-reactive ketones (excluding diaryl/α,β-unsaturated/α-hetero) is 1. The summed E-state index contributed by atoms with van der Waals surface area (Å²) in [4.78, 5) is 38.7. The number of fused-ring (bicyclic) bond motifs is 1. The summed E-state index contributed by atoms with van der Waals surface area (Å²) in [7, 11) is 0. The minimum atomic E-state index is -0.852. The van der Waals surface area contributed by atoms with E-state index in [1.54, 1.807) is 18.7 Å². The van der Waals surface area contributed by atoms with Crippen molar-refractivity contribution in [3.63, 3.8) is 0 Å². The van der Waals surface area contributed by atoms with E-state index in [0.717, 1.165) is 25.7 Å². The van der Waals surface area contributed by atoms with Crippen molar-refractivity contribution in [1.82, 2.24) is 10.2 Å². The molecule has 2 aliphatic heterocycles. The van der Waals surface area contributed by atoms with Gasteiger partial charge < -0.3 is 15.0 Å². The molecule has 23 heavy (non-hydrogen) atoms. The van der Waals surface area contributed by atoms with Crippen molar-refractivity contribution in [2.75, 3.05) is 13.1 Å². The van der Waals surface area contributed by atoms with E-state index in [4.69, 9.17) is 4.74 Å². The lowest BCUT2D eigenvalue weighted by molar-refractivity contribution is -0.154. The lowest BCUT2D eigenvalue weighted by Gasteiger charge is -2.40. The topological polar surface area (TPSA) is 75.7 Å². The van der Waals surface area contributed by atoms with Crippen LogP contribution in [0.3, 0.4) is 0 Å². The number of hydrogen-bond donors (Lipinski definition) is 1. The molecule has 2 saturated carbocycles. The van der Waals surface area contributed by atoms with Crippen LogP contribution in [0.4, 0.5) is 0 Å². The third-order valence-corrected chi connectivity index (χ3v) is 5.89. The summed E-state index contributed by atoms with van der Waals surface area (Å²) in [6.07, 6.45) is 4.07. The maximum Gasteiger partial charge on any atom is 0.254 e. The van der Waals surface area contributed by atoms with E-state index in [9.17, 15) is 14.4 Å². The standard InChI is InChI=1S/C17H24N2O4/c1-16(2)15(22)18-17(23-16)7-4-8-19(9-17)14(21)13-10-5-3-6-11(20)12(10)13/h10,12-13H,3-9H2,1-2H3,(H,18,22)/t10-,12-,13+,17?/m0/s1. The van der Waals surface area contributed by atoms with E-state index in [1.165, 1.54) is 0 Å². The minimum Gasteiger partial charge on any atom is -0.338 e. The van der Waals surface area contributed by atoms with Crippen LogP contribution >= 0.6 is 0 Å². The highest BCUT2D eigenvalue weighted by Gasteiger charge is 2.61. The van der Waals surface area contributed by atoms with Gasteiger partial charge in [-0.15, -0.1) is 0 Å². The molecule has 1 spiro atoms. The molecule has 1 N–H and O–H groups in total. The number of hydrogen-bond acceptors (Lipinski definition) is 4. The van der Waals surface area contributed by atoms with Crippen LogP contribution in [0.5, 0.6) is 0 Å². The predicted octanol–water partition coefficient (Wildman–Crippen LogP) is 0.845. The number of ether oxygens (including phenoxy) is 1. The number of nitrogens with zero attached hydrogens (tertiary/aromatic N) is 1. The fourth-order valence-corrected chi connectivity index (χ4v) is 4.71. The molecule has 4 aliphatic rings. The average molecular weight is 320 g/mol. The molecular weight excluding hydrogens is 296 g/mol. The van der Waals surface area contributed by atoms with E-state index in [-0.39, 0.29) is 35.4 Å². The van der Waals surface area contributed by atoms with Crippen molar-refractivity contribution in [2.45, 2.75) is 57.3 Å². The van der Waals surface area contributed by atoms with Crippen molar-refractivity contribution in [3.8, 4) is 0 Å². The van der Waals surface area contributed by atoms with Crippen LogP contribution in [0.15, 0.2) is 0 Å². The molecule has 0 aromatic rings. The summed E-state index contributed by atoms with van der Waals surface area (Å²) in [5.41, 5.74) is -1.60. The molecule has 0 bridgehead atoms. The molecule has 2 amide bonds. The van der Waals surface area contributed by atoms with Crippen molar-refractivity contribution < 1.29 is 19.1 Å². The molecular formula is C17H24N2O4. The average Bonchev–Trinajstić information content (AvgIpc) is 3.16. The van der Waals surface area contributed by atoms with Gasteiger partial charge in [0.25, 0.3) is 5.91 Å². The second kappa shape index (κ2) is 4.79. The summed E-state index contributed by atoms with van der Waals surface area (Å²) in [5.74, 6) is 0.323. The smallest absolute Gasteiger partial charge is 0.254 e. The van der Waals surface area contributed by atoms with Crippen LogP contribution in [0.25, 0.3) is 0 Å². The molecule has 0 radical (unpaired) electrons. The normalized spacial score (nSPS) is 41.7. The number of piperidine rings is 1. The fourth-order valence-electron chi connectivity index (χ4n) is 4.71. The van der Waals surface area contributed by atoms with Crippen molar-refractivity contribution in [1.29, 1.82) is 0 Å². The van der Waals surface area contributed by atoms with Gasteiger partial charge >= 0.3 is 0 Å². The molecule has 0 aromatic carbocycles. The van der Waals surface area contributed by atoms with Crippen molar-refractivity contribution in [3.05, 3.63) is 0 Å². The van der Waals surface area contributed by atoms with Gasteiger partial charge in [-0.05, 0) is 45.4 Å². The first-order valence-corrected chi connectivity index (χ1v) is 8.67. The van der Waals surface area contributed by atoms with Gasteiger partial charge in [0, 0.05) is 18.9 Å². The van der Waals surface area contributed by atoms with Gasteiger partial charge in [-0.25, -0.2) is 0 Å². The summed E-state index contributed by atoms with van der Waals surface area (Å²) in [5, 5.41) is 2.95. The first-order chi connectivity index (χ1) is 10.8. The summed E-state index contributed by atoms with van der Waals surface area (Å²) in [6, 6.07) is 0. The van der Waals surface area contributed by atoms with E-state index < -0.39 is 11.3 Å². The molecule has 2 heterocycles. The van der Waals surface area contributed by atoms with Crippen molar-refractivity contribution >= 4 is 17.6 Å². The Labute approximate surface area is 135 Å². The van der Waals surface area contributed by atoms with Gasteiger partial charge in [0.05, 0.1) is 12.5 Å². The third-order valence-electron chi connectivity index (χ3n) is 5.89. The Balaban J connectivity index is 1.47. The second-order valence-corrected chi connectivity index (χ2v) is 8.00. The molecule has 4 fully saturated rings. The van der Waals surface area contributed by atoms with E-state index in [1.807, 2.05) is 0 Å². The maximum absolute atomic E-state index is 12.9. The van der Waals surface area contributed by atoms with Gasteiger partial charge in [-0.2, -0.15) is 0 Å². The lowest BCUT2D eigenvalue weighted by atomic mass is 10.00. The molecule has 2 saturated heterocycles. The van der Waals surface area contributed by atoms with Crippen LogP contribution < -0.4 is 5.32 Å². The molecule has 6 heteroatoms. The molecule has 126 valence electrons. The lowest BCUT2D eigenvalue weighted by Crippen LogP contribution is -2.57.